The Labute approximate surface area is 141 Å². The summed E-state index contributed by atoms with van der Waals surface area (Å²) in [6.45, 7) is 6.48. The number of nitrogens with one attached hydrogen (secondary N) is 2. The van der Waals surface area contributed by atoms with Gasteiger partial charge < -0.3 is 15.2 Å². The third kappa shape index (κ3) is 4.45. The van der Waals surface area contributed by atoms with Gasteiger partial charge in [0.15, 0.2) is 5.82 Å². The van der Waals surface area contributed by atoms with Gasteiger partial charge in [-0.1, -0.05) is 37.6 Å². The van der Waals surface area contributed by atoms with Gasteiger partial charge in [0.25, 0.3) is 0 Å². The third-order valence-corrected chi connectivity index (χ3v) is 4.01. The topological polar surface area (TPSA) is 71.8 Å². The zero-order valence-electron chi connectivity index (χ0n) is 13.8. The highest BCUT2D eigenvalue weighted by Gasteiger charge is 2.22. The summed E-state index contributed by atoms with van der Waals surface area (Å²) in [5, 5.41) is 14.3. The van der Waals surface area contributed by atoms with Gasteiger partial charge in [-0.3, -0.25) is 0 Å². The summed E-state index contributed by atoms with van der Waals surface area (Å²) in [4.78, 5) is 12.1. The summed E-state index contributed by atoms with van der Waals surface area (Å²) >= 11 is 6.04. The number of urea groups is 1. The Morgan fingerprint density at radius 2 is 2.17 bits per heavy atom. The van der Waals surface area contributed by atoms with Crippen molar-refractivity contribution in [3.8, 4) is 0 Å². The van der Waals surface area contributed by atoms with Gasteiger partial charge >= 0.3 is 6.03 Å². The van der Waals surface area contributed by atoms with Crippen LogP contribution < -0.4 is 10.6 Å². The monoisotopic (exact) mass is 335 g/mol. The molecule has 0 unspecified atom stereocenters. The van der Waals surface area contributed by atoms with Crippen LogP contribution in [0, 0.1) is 0 Å². The molecule has 0 saturated heterocycles. The van der Waals surface area contributed by atoms with E-state index >= 15 is 0 Å². The molecular formula is C16H22ClN5O. The van der Waals surface area contributed by atoms with Crippen LogP contribution >= 0.6 is 11.6 Å². The molecule has 0 bridgehead atoms. The summed E-state index contributed by atoms with van der Waals surface area (Å²) in [6, 6.07) is 7.21. The van der Waals surface area contributed by atoms with Crippen LogP contribution in [-0.4, -0.2) is 27.3 Å². The summed E-state index contributed by atoms with van der Waals surface area (Å²) in [6.07, 6.45) is 1.60. The first-order valence-electron chi connectivity index (χ1n) is 7.44. The van der Waals surface area contributed by atoms with Crippen molar-refractivity contribution in [1.29, 1.82) is 0 Å². The Morgan fingerprint density at radius 3 is 2.78 bits per heavy atom. The average Bonchev–Trinajstić information content (AvgIpc) is 2.91. The predicted molar refractivity (Wildman–Crippen MR) is 90.4 cm³/mol. The lowest BCUT2D eigenvalue weighted by Gasteiger charge is -2.26. The van der Waals surface area contributed by atoms with E-state index in [1.165, 1.54) is 0 Å². The maximum absolute atomic E-state index is 12.1. The van der Waals surface area contributed by atoms with Crippen molar-refractivity contribution in [3.05, 3.63) is 47.0 Å². The predicted octanol–water partition coefficient (Wildman–Crippen LogP) is 2.81. The highest BCUT2D eigenvalue weighted by molar-refractivity contribution is 6.30. The molecule has 0 fully saturated rings. The minimum Gasteiger partial charge on any atom is -0.337 e. The molecule has 1 aromatic heterocycles. The SMILES string of the molecule is C[C@H](NC(=O)NCC(C)(C)c1cccc(Cl)c1)c1nncn1C. The van der Waals surface area contributed by atoms with Crippen LogP contribution in [0.5, 0.6) is 0 Å². The fourth-order valence-corrected chi connectivity index (χ4v) is 2.50. The van der Waals surface area contributed by atoms with Gasteiger partial charge in [-0.15, -0.1) is 10.2 Å². The van der Waals surface area contributed by atoms with Crippen molar-refractivity contribution in [2.75, 3.05) is 6.54 Å². The number of benzene rings is 1. The molecule has 23 heavy (non-hydrogen) atoms. The van der Waals surface area contributed by atoms with E-state index in [0.29, 0.717) is 17.4 Å². The van der Waals surface area contributed by atoms with E-state index in [9.17, 15) is 4.79 Å². The standard InChI is InChI=1S/C16H22ClN5O/c1-11(14-21-19-10-22(14)4)20-15(23)18-9-16(2,3)12-6-5-7-13(17)8-12/h5-8,10-11H,9H2,1-4H3,(H2,18,20,23)/t11-/m0/s1. The zero-order valence-corrected chi connectivity index (χ0v) is 14.6. The van der Waals surface area contributed by atoms with E-state index in [2.05, 4.69) is 34.7 Å². The molecule has 2 rings (SSSR count). The highest BCUT2D eigenvalue weighted by atomic mass is 35.5. The summed E-state index contributed by atoms with van der Waals surface area (Å²) in [5.74, 6) is 0.703. The largest absolute Gasteiger partial charge is 0.337 e. The molecule has 2 aromatic rings. The molecule has 0 aliphatic carbocycles. The summed E-state index contributed by atoms with van der Waals surface area (Å²) < 4.78 is 1.78. The van der Waals surface area contributed by atoms with Crippen molar-refractivity contribution < 1.29 is 4.79 Å². The minimum atomic E-state index is -0.240. The van der Waals surface area contributed by atoms with E-state index in [1.807, 2.05) is 38.2 Å². The lowest BCUT2D eigenvalue weighted by Crippen LogP contribution is -2.43. The Bertz CT molecular complexity index is 683. The molecule has 1 aromatic carbocycles. The van der Waals surface area contributed by atoms with Crippen LogP contribution in [0.3, 0.4) is 0 Å². The molecule has 0 aliphatic heterocycles. The first kappa shape index (κ1) is 17.3. The number of carbonyl (C=O) groups is 1. The molecule has 0 radical (unpaired) electrons. The van der Waals surface area contributed by atoms with Crippen molar-refractivity contribution in [3.63, 3.8) is 0 Å². The van der Waals surface area contributed by atoms with E-state index in [4.69, 9.17) is 11.6 Å². The Hall–Kier alpha value is -2.08. The molecule has 6 nitrogen and oxygen atoms in total. The van der Waals surface area contributed by atoms with Crippen LogP contribution in [0.4, 0.5) is 4.79 Å². The molecule has 124 valence electrons. The average molecular weight is 336 g/mol. The zero-order chi connectivity index (χ0) is 17.0. The number of amides is 2. The van der Waals surface area contributed by atoms with Crippen LogP contribution in [0.2, 0.25) is 5.02 Å². The van der Waals surface area contributed by atoms with Gasteiger partial charge in [0.05, 0.1) is 6.04 Å². The van der Waals surface area contributed by atoms with E-state index in [0.717, 1.165) is 5.56 Å². The van der Waals surface area contributed by atoms with Crippen LogP contribution in [0.15, 0.2) is 30.6 Å². The van der Waals surface area contributed by atoms with Crippen molar-refractivity contribution in [1.82, 2.24) is 25.4 Å². The van der Waals surface area contributed by atoms with Crippen LogP contribution in [0.1, 0.15) is 38.2 Å². The van der Waals surface area contributed by atoms with Crippen LogP contribution in [0.25, 0.3) is 0 Å². The third-order valence-electron chi connectivity index (χ3n) is 3.78. The summed E-state index contributed by atoms with van der Waals surface area (Å²) in [7, 11) is 1.84. The fourth-order valence-electron chi connectivity index (χ4n) is 2.31. The number of rotatable bonds is 5. The number of nitrogens with zero attached hydrogens (tertiary/aromatic N) is 3. The molecular weight excluding hydrogens is 314 g/mol. The first-order chi connectivity index (χ1) is 10.8. The van der Waals surface area contributed by atoms with Gasteiger partial charge in [0, 0.05) is 24.0 Å². The van der Waals surface area contributed by atoms with Gasteiger partial charge in [-0.2, -0.15) is 0 Å². The van der Waals surface area contributed by atoms with E-state index in [-0.39, 0.29) is 17.5 Å². The van der Waals surface area contributed by atoms with Crippen molar-refractivity contribution in [2.45, 2.75) is 32.2 Å². The second-order valence-corrected chi connectivity index (χ2v) is 6.68. The second kappa shape index (κ2) is 7.00. The number of aromatic nitrogens is 3. The summed E-state index contributed by atoms with van der Waals surface area (Å²) in [5.41, 5.74) is 0.850. The Kier molecular flexibility index (Phi) is 5.26. The molecule has 7 heteroatoms. The number of carbonyl (C=O) groups excluding carboxylic acids is 1. The molecule has 0 aliphatic rings. The number of hydrogen-bond acceptors (Lipinski definition) is 3. The van der Waals surface area contributed by atoms with Crippen molar-refractivity contribution in [2.24, 2.45) is 7.05 Å². The lowest BCUT2D eigenvalue weighted by atomic mass is 9.85. The smallest absolute Gasteiger partial charge is 0.315 e. The number of aryl methyl sites for hydroxylation is 1. The molecule has 2 N–H and O–H groups in total. The van der Waals surface area contributed by atoms with Crippen molar-refractivity contribution >= 4 is 17.6 Å². The number of halogens is 1. The molecule has 0 saturated carbocycles. The van der Waals surface area contributed by atoms with Gasteiger partial charge in [-0.05, 0) is 24.6 Å². The quantitative estimate of drug-likeness (QED) is 0.882. The number of hydrogen-bond donors (Lipinski definition) is 2. The highest BCUT2D eigenvalue weighted by Crippen LogP contribution is 2.24. The van der Waals surface area contributed by atoms with Gasteiger partial charge in [0.1, 0.15) is 6.33 Å². The lowest BCUT2D eigenvalue weighted by molar-refractivity contribution is 0.234. The Morgan fingerprint density at radius 1 is 1.43 bits per heavy atom. The normalized spacial score (nSPS) is 12.7. The molecule has 1 heterocycles. The van der Waals surface area contributed by atoms with Gasteiger partial charge in [-0.25, -0.2) is 4.79 Å². The van der Waals surface area contributed by atoms with Gasteiger partial charge in [0.2, 0.25) is 0 Å². The van der Waals surface area contributed by atoms with E-state index < -0.39 is 0 Å². The fraction of sp³-hybridized carbons (Fsp3) is 0.438. The molecule has 1 atom stereocenters. The molecule has 2 amide bonds. The second-order valence-electron chi connectivity index (χ2n) is 6.24. The Balaban J connectivity index is 1.92. The minimum absolute atomic E-state index is 0.225. The van der Waals surface area contributed by atoms with E-state index in [1.54, 1.807) is 10.9 Å². The van der Waals surface area contributed by atoms with Crippen LogP contribution in [-0.2, 0) is 12.5 Å². The molecule has 0 spiro atoms. The maximum Gasteiger partial charge on any atom is 0.315 e. The first-order valence-corrected chi connectivity index (χ1v) is 7.82. The maximum atomic E-state index is 12.1.